The minimum atomic E-state index is -0.235. The maximum absolute atomic E-state index is 12.3. The van der Waals surface area contributed by atoms with E-state index in [1.54, 1.807) is 7.11 Å². The van der Waals surface area contributed by atoms with E-state index in [1.807, 2.05) is 55.5 Å². The third kappa shape index (κ3) is 6.61. The second kappa shape index (κ2) is 10.3. The van der Waals surface area contributed by atoms with Gasteiger partial charge in [0.05, 0.1) is 16.9 Å². The van der Waals surface area contributed by atoms with Gasteiger partial charge in [-0.1, -0.05) is 35.9 Å². The number of benzene rings is 2. The summed E-state index contributed by atoms with van der Waals surface area (Å²) in [5.41, 5.74) is 0.984. The van der Waals surface area contributed by atoms with E-state index in [1.165, 1.54) is 11.8 Å². The van der Waals surface area contributed by atoms with Crippen molar-refractivity contribution < 1.29 is 14.3 Å². The SMILES string of the molecule is COCCOc1cccc(CNC(=O)C(C)Sc2ccccc2Cl)c1. The molecule has 0 heterocycles. The van der Waals surface area contributed by atoms with E-state index >= 15 is 0 Å². The summed E-state index contributed by atoms with van der Waals surface area (Å²) in [6.45, 7) is 3.36. The molecule has 0 saturated carbocycles. The molecule has 0 aliphatic heterocycles. The number of ether oxygens (including phenoxy) is 2. The number of hydrogen-bond acceptors (Lipinski definition) is 4. The van der Waals surface area contributed by atoms with Gasteiger partial charge < -0.3 is 14.8 Å². The Morgan fingerprint density at radius 3 is 2.76 bits per heavy atom. The molecule has 2 aromatic rings. The molecule has 25 heavy (non-hydrogen) atoms. The van der Waals surface area contributed by atoms with Gasteiger partial charge in [-0.25, -0.2) is 0 Å². The molecule has 1 atom stereocenters. The molecule has 134 valence electrons. The summed E-state index contributed by atoms with van der Waals surface area (Å²) in [5.74, 6) is 0.734. The fourth-order valence-electron chi connectivity index (χ4n) is 2.11. The molecule has 6 heteroatoms. The van der Waals surface area contributed by atoms with Crippen molar-refractivity contribution in [1.82, 2.24) is 5.32 Å². The van der Waals surface area contributed by atoms with E-state index in [0.717, 1.165) is 16.2 Å². The monoisotopic (exact) mass is 379 g/mol. The highest BCUT2D eigenvalue weighted by Gasteiger charge is 2.15. The molecule has 4 nitrogen and oxygen atoms in total. The van der Waals surface area contributed by atoms with Crippen molar-refractivity contribution in [1.29, 1.82) is 0 Å². The highest BCUT2D eigenvalue weighted by atomic mass is 35.5. The fourth-order valence-corrected chi connectivity index (χ4v) is 3.28. The number of amides is 1. The maximum Gasteiger partial charge on any atom is 0.233 e. The lowest BCUT2D eigenvalue weighted by Crippen LogP contribution is -2.30. The van der Waals surface area contributed by atoms with Crippen molar-refractivity contribution in [3.63, 3.8) is 0 Å². The average molecular weight is 380 g/mol. The van der Waals surface area contributed by atoms with Crippen LogP contribution in [-0.4, -0.2) is 31.5 Å². The number of carbonyl (C=O) groups excluding carboxylic acids is 1. The normalized spacial score (nSPS) is 11.8. The first kappa shape index (κ1) is 19.6. The van der Waals surface area contributed by atoms with Crippen molar-refractivity contribution in [2.45, 2.75) is 23.6 Å². The van der Waals surface area contributed by atoms with Crippen LogP contribution in [0, 0.1) is 0 Å². The van der Waals surface area contributed by atoms with Gasteiger partial charge in [0, 0.05) is 18.6 Å². The first-order chi connectivity index (χ1) is 12.1. The standard InChI is InChI=1S/C19H22ClNO3S/c1-14(25-18-9-4-3-8-17(18)20)19(22)21-13-15-6-5-7-16(12-15)24-11-10-23-2/h3-9,12,14H,10-11,13H2,1-2H3,(H,21,22). The third-order valence-electron chi connectivity index (χ3n) is 3.43. The van der Waals surface area contributed by atoms with E-state index in [0.29, 0.717) is 24.8 Å². The summed E-state index contributed by atoms with van der Waals surface area (Å²) in [7, 11) is 1.64. The van der Waals surface area contributed by atoms with Gasteiger partial charge in [-0.3, -0.25) is 4.79 Å². The lowest BCUT2D eigenvalue weighted by molar-refractivity contribution is -0.120. The molecule has 0 radical (unpaired) electrons. The topological polar surface area (TPSA) is 47.6 Å². The number of thioether (sulfide) groups is 1. The third-order valence-corrected chi connectivity index (χ3v) is 5.05. The van der Waals surface area contributed by atoms with Crippen LogP contribution in [0.5, 0.6) is 5.75 Å². The van der Waals surface area contributed by atoms with Gasteiger partial charge in [0.15, 0.2) is 0 Å². The van der Waals surface area contributed by atoms with E-state index in [4.69, 9.17) is 21.1 Å². The van der Waals surface area contributed by atoms with E-state index in [9.17, 15) is 4.79 Å². The number of rotatable bonds is 9. The van der Waals surface area contributed by atoms with E-state index in [-0.39, 0.29) is 11.2 Å². The number of hydrogen-bond donors (Lipinski definition) is 1. The zero-order valence-corrected chi connectivity index (χ0v) is 15.9. The Morgan fingerprint density at radius 2 is 2.00 bits per heavy atom. The predicted molar refractivity (Wildman–Crippen MR) is 102 cm³/mol. The summed E-state index contributed by atoms with van der Waals surface area (Å²) in [6.07, 6.45) is 0. The van der Waals surface area contributed by atoms with Gasteiger partial charge in [0.25, 0.3) is 0 Å². The van der Waals surface area contributed by atoms with Crippen LogP contribution in [0.2, 0.25) is 5.02 Å². The van der Waals surface area contributed by atoms with Crippen LogP contribution in [-0.2, 0) is 16.1 Å². The van der Waals surface area contributed by atoms with Crippen molar-refractivity contribution in [2.75, 3.05) is 20.3 Å². The molecular weight excluding hydrogens is 358 g/mol. The number of halogens is 1. The summed E-state index contributed by atoms with van der Waals surface area (Å²) in [5, 5.41) is 3.37. The zero-order chi connectivity index (χ0) is 18.1. The van der Waals surface area contributed by atoms with Crippen LogP contribution < -0.4 is 10.1 Å². The van der Waals surface area contributed by atoms with Gasteiger partial charge in [-0.05, 0) is 36.8 Å². The summed E-state index contributed by atoms with van der Waals surface area (Å²) in [4.78, 5) is 13.2. The molecule has 0 aliphatic rings. The van der Waals surface area contributed by atoms with Gasteiger partial charge in [-0.2, -0.15) is 0 Å². The van der Waals surface area contributed by atoms with E-state index in [2.05, 4.69) is 5.32 Å². The van der Waals surface area contributed by atoms with Crippen LogP contribution in [0.3, 0.4) is 0 Å². The van der Waals surface area contributed by atoms with Crippen LogP contribution in [0.1, 0.15) is 12.5 Å². The minimum Gasteiger partial charge on any atom is -0.491 e. The van der Waals surface area contributed by atoms with Gasteiger partial charge in [-0.15, -0.1) is 11.8 Å². The van der Waals surface area contributed by atoms with Crippen LogP contribution in [0.15, 0.2) is 53.4 Å². The quantitative estimate of drug-likeness (QED) is 0.525. The Morgan fingerprint density at radius 1 is 1.20 bits per heavy atom. The van der Waals surface area contributed by atoms with Crippen molar-refractivity contribution in [2.24, 2.45) is 0 Å². The van der Waals surface area contributed by atoms with Crippen LogP contribution >= 0.6 is 23.4 Å². The van der Waals surface area contributed by atoms with Crippen molar-refractivity contribution >= 4 is 29.3 Å². The van der Waals surface area contributed by atoms with Gasteiger partial charge in [0.2, 0.25) is 5.91 Å². The fraction of sp³-hybridized carbons (Fsp3) is 0.316. The first-order valence-corrected chi connectivity index (χ1v) is 9.25. The Labute approximate surface area is 157 Å². The highest BCUT2D eigenvalue weighted by molar-refractivity contribution is 8.00. The molecule has 1 N–H and O–H groups in total. The largest absolute Gasteiger partial charge is 0.491 e. The molecular formula is C19H22ClNO3S. The summed E-state index contributed by atoms with van der Waals surface area (Å²) < 4.78 is 10.5. The molecule has 0 saturated heterocycles. The minimum absolute atomic E-state index is 0.0318. The highest BCUT2D eigenvalue weighted by Crippen LogP contribution is 2.30. The Hall–Kier alpha value is -1.69. The molecule has 2 aromatic carbocycles. The first-order valence-electron chi connectivity index (χ1n) is 7.99. The molecule has 0 bridgehead atoms. The number of nitrogens with one attached hydrogen (secondary N) is 1. The van der Waals surface area contributed by atoms with E-state index < -0.39 is 0 Å². The zero-order valence-electron chi connectivity index (χ0n) is 14.3. The molecule has 0 fully saturated rings. The summed E-state index contributed by atoms with van der Waals surface area (Å²) in [6, 6.07) is 15.2. The van der Waals surface area contributed by atoms with Gasteiger partial charge >= 0.3 is 0 Å². The smallest absolute Gasteiger partial charge is 0.233 e. The average Bonchev–Trinajstić information content (AvgIpc) is 2.62. The number of methoxy groups -OCH3 is 1. The molecule has 0 spiro atoms. The van der Waals surface area contributed by atoms with Crippen molar-refractivity contribution in [3.8, 4) is 5.75 Å². The second-order valence-electron chi connectivity index (χ2n) is 5.40. The molecule has 2 rings (SSSR count). The Kier molecular flexibility index (Phi) is 8.12. The Bertz CT molecular complexity index is 696. The molecule has 0 aliphatic carbocycles. The molecule has 0 aromatic heterocycles. The maximum atomic E-state index is 12.3. The van der Waals surface area contributed by atoms with Gasteiger partial charge in [0.1, 0.15) is 12.4 Å². The van der Waals surface area contributed by atoms with Crippen LogP contribution in [0.25, 0.3) is 0 Å². The number of carbonyl (C=O) groups is 1. The van der Waals surface area contributed by atoms with Crippen LogP contribution in [0.4, 0.5) is 0 Å². The van der Waals surface area contributed by atoms with Crippen molar-refractivity contribution in [3.05, 3.63) is 59.1 Å². The second-order valence-corrected chi connectivity index (χ2v) is 7.19. The molecule has 1 amide bonds. The predicted octanol–water partition coefficient (Wildman–Crippen LogP) is 4.16. The lowest BCUT2D eigenvalue weighted by Gasteiger charge is -2.13. The lowest BCUT2D eigenvalue weighted by atomic mass is 10.2. The summed E-state index contributed by atoms with van der Waals surface area (Å²) >= 11 is 7.59. The Balaban J connectivity index is 1.84. The molecule has 1 unspecified atom stereocenters.